The summed E-state index contributed by atoms with van der Waals surface area (Å²) in [6.45, 7) is 0. The first kappa shape index (κ1) is 14.1. The quantitative estimate of drug-likeness (QED) is 0.896. The number of nitriles is 1. The van der Waals surface area contributed by atoms with Crippen LogP contribution in [0.2, 0.25) is 5.02 Å². The molecular formula is C13H12ClN5O. The summed E-state index contributed by atoms with van der Waals surface area (Å²) in [7, 11) is 1.74. The van der Waals surface area contributed by atoms with E-state index in [4.69, 9.17) is 22.6 Å². The predicted octanol–water partition coefficient (Wildman–Crippen LogP) is 1.58. The van der Waals surface area contributed by atoms with Crippen molar-refractivity contribution in [1.29, 1.82) is 5.26 Å². The molecule has 0 aliphatic rings. The topological polar surface area (TPSA) is 96.7 Å². The minimum absolute atomic E-state index is 0.278. The summed E-state index contributed by atoms with van der Waals surface area (Å²) >= 11 is 5.89. The number of nitrogens with two attached hydrogens (primary N) is 1. The maximum Gasteiger partial charge on any atom is 0.246 e. The Morgan fingerprint density at radius 3 is 2.90 bits per heavy atom. The highest BCUT2D eigenvalue weighted by Crippen LogP contribution is 2.21. The van der Waals surface area contributed by atoms with Gasteiger partial charge in [-0.25, -0.2) is 0 Å². The zero-order valence-electron chi connectivity index (χ0n) is 10.7. The van der Waals surface area contributed by atoms with Crippen molar-refractivity contribution >= 4 is 23.2 Å². The predicted molar refractivity (Wildman–Crippen MR) is 74.9 cm³/mol. The average molecular weight is 290 g/mol. The van der Waals surface area contributed by atoms with Gasteiger partial charge < -0.3 is 11.1 Å². The largest absolute Gasteiger partial charge is 0.324 e. The Morgan fingerprint density at radius 2 is 2.35 bits per heavy atom. The van der Waals surface area contributed by atoms with E-state index in [0.29, 0.717) is 16.8 Å². The van der Waals surface area contributed by atoms with E-state index in [-0.39, 0.29) is 10.9 Å². The van der Waals surface area contributed by atoms with Gasteiger partial charge >= 0.3 is 0 Å². The molecule has 1 atom stereocenters. The van der Waals surface area contributed by atoms with Crippen LogP contribution in [0.1, 0.15) is 17.2 Å². The molecule has 1 unspecified atom stereocenters. The molecule has 102 valence electrons. The number of nitrogens with one attached hydrogen (secondary N) is 1. The molecule has 0 aliphatic heterocycles. The summed E-state index contributed by atoms with van der Waals surface area (Å²) in [6.07, 6.45) is 3.21. The van der Waals surface area contributed by atoms with Gasteiger partial charge in [-0.05, 0) is 18.2 Å². The van der Waals surface area contributed by atoms with E-state index in [0.717, 1.165) is 0 Å². The summed E-state index contributed by atoms with van der Waals surface area (Å²) in [5.74, 6) is -0.376. The minimum atomic E-state index is -0.821. The van der Waals surface area contributed by atoms with Gasteiger partial charge in [-0.3, -0.25) is 9.48 Å². The number of halogens is 1. The van der Waals surface area contributed by atoms with Gasteiger partial charge in [-0.1, -0.05) is 11.6 Å². The number of hydrogen-bond donors (Lipinski definition) is 2. The number of benzene rings is 1. The molecule has 0 fully saturated rings. The van der Waals surface area contributed by atoms with Crippen LogP contribution in [0.3, 0.4) is 0 Å². The van der Waals surface area contributed by atoms with E-state index in [1.54, 1.807) is 24.0 Å². The van der Waals surface area contributed by atoms with E-state index in [9.17, 15) is 4.79 Å². The summed E-state index contributed by atoms with van der Waals surface area (Å²) in [6, 6.07) is 5.76. The van der Waals surface area contributed by atoms with E-state index in [1.165, 1.54) is 18.3 Å². The molecule has 1 aromatic carbocycles. The van der Waals surface area contributed by atoms with Gasteiger partial charge in [0.2, 0.25) is 5.91 Å². The number of carbonyl (C=O) groups is 1. The first-order valence-corrected chi connectivity index (χ1v) is 6.13. The number of rotatable bonds is 3. The molecular weight excluding hydrogens is 278 g/mol. The smallest absolute Gasteiger partial charge is 0.246 e. The SMILES string of the molecule is Cn1cc(C(N)C(=O)Nc2ccc(C#N)c(Cl)c2)cn1. The summed E-state index contributed by atoms with van der Waals surface area (Å²) < 4.78 is 1.57. The first-order chi connectivity index (χ1) is 9.51. The molecule has 0 aliphatic carbocycles. The van der Waals surface area contributed by atoms with Crippen LogP contribution in [0.4, 0.5) is 5.69 Å². The van der Waals surface area contributed by atoms with Gasteiger partial charge in [0.05, 0.1) is 16.8 Å². The van der Waals surface area contributed by atoms with Crippen LogP contribution in [-0.4, -0.2) is 15.7 Å². The third kappa shape index (κ3) is 2.96. The second-order valence-electron chi connectivity index (χ2n) is 4.22. The van der Waals surface area contributed by atoms with Crippen LogP contribution >= 0.6 is 11.6 Å². The highest BCUT2D eigenvalue weighted by molar-refractivity contribution is 6.32. The molecule has 3 N–H and O–H groups in total. The molecule has 0 saturated carbocycles. The number of carbonyl (C=O) groups excluding carboxylic acids is 1. The molecule has 0 saturated heterocycles. The number of anilines is 1. The van der Waals surface area contributed by atoms with Crippen LogP contribution in [0, 0.1) is 11.3 Å². The lowest BCUT2D eigenvalue weighted by Crippen LogP contribution is -2.27. The molecule has 2 aromatic rings. The average Bonchev–Trinajstić information content (AvgIpc) is 2.84. The van der Waals surface area contributed by atoms with Gasteiger partial charge in [0, 0.05) is 24.5 Å². The minimum Gasteiger partial charge on any atom is -0.324 e. The zero-order valence-corrected chi connectivity index (χ0v) is 11.4. The Kier molecular flexibility index (Phi) is 4.03. The van der Waals surface area contributed by atoms with Gasteiger partial charge in [0.15, 0.2) is 0 Å². The molecule has 6 nitrogen and oxygen atoms in total. The molecule has 7 heteroatoms. The lowest BCUT2D eigenvalue weighted by molar-refractivity contribution is -0.117. The molecule has 20 heavy (non-hydrogen) atoms. The van der Waals surface area contributed by atoms with Crippen molar-refractivity contribution in [2.45, 2.75) is 6.04 Å². The van der Waals surface area contributed by atoms with Crippen LogP contribution < -0.4 is 11.1 Å². The van der Waals surface area contributed by atoms with E-state index < -0.39 is 6.04 Å². The number of amides is 1. The highest BCUT2D eigenvalue weighted by Gasteiger charge is 2.17. The van der Waals surface area contributed by atoms with Crippen molar-refractivity contribution in [3.63, 3.8) is 0 Å². The fourth-order valence-electron chi connectivity index (χ4n) is 1.66. The monoisotopic (exact) mass is 289 g/mol. The lowest BCUT2D eigenvalue weighted by Gasteiger charge is -2.11. The Bertz CT molecular complexity index is 688. The Morgan fingerprint density at radius 1 is 1.60 bits per heavy atom. The normalized spacial score (nSPS) is 11.7. The second-order valence-corrected chi connectivity index (χ2v) is 4.63. The van der Waals surface area contributed by atoms with Gasteiger partial charge in [-0.15, -0.1) is 0 Å². The maximum atomic E-state index is 12.0. The lowest BCUT2D eigenvalue weighted by atomic mass is 10.1. The molecule has 0 spiro atoms. The first-order valence-electron chi connectivity index (χ1n) is 5.76. The highest BCUT2D eigenvalue weighted by atomic mass is 35.5. The maximum absolute atomic E-state index is 12.0. The van der Waals surface area contributed by atoms with Gasteiger partial charge in [0.1, 0.15) is 12.1 Å². The number of aromatic nitrogens is 2. The van der Waals surface area contributed by atoms with Crippen LogP contribution in [0.15, 0.2) is 30.6 Å². The number of aryl methyl sites for hydroxylation is 1. The molecule has 0 bridgehead atoms. The van der Waals surface area contributed by atoms with E-state index in [2.05, 4.69) is 10.4 Å². The number of nitrogens with zero attached hydrogens (tertiary/aromatic N) is 3. The Balaban J connectivity index is 2.12. The fraction of sp³-hybridized carbons (Fsp3) is 0.154. The van der Waals surface area contributed by atoms with Gasteiger partial charge in [-0.2, -0.15) is 10.4 Å². The zero-order chi connectivity index (χ0) is 14.7. The molecule has 2 rings (SSSR count). The fourth-order valence-corrected chi connectivity index (χ4v) is 1.88. The summed E-state index contributed by atoms with van der Waals surface area (Å²) in [5.41, 5.74) is 7.29. The van der Waals surface area contributed by atoms with E-state index in [1.807, 2.05) is 6.07 Å². The molecule has 1 aromatic heterocycles. The van der Waals surface area contributed by atoms with Gasteiger partial charge in [0.25, 0.3) is 0 Å². The van der Waals surface area contributed by atoms with Crippen molar-refractivity contribution in [1.82, 2.24) is 9.78 Å². The van der Waals surface area contributed by atoms with Crippen molar-refractivity contribution in [3.8, 4) is 6.07 Å². The van der Waals surface area contributed by atoms with Crippen molar-refractivity contribution < 1.29 is 4.79 Å². The third-order valence-electron chi connectivity index (χ3n) is 2.72. The second kappa shape index (κ2) is 5.74. The summed E-state index contributed by atoms with van der Waals surface area (Å²) in [4.78, 5) is 12.0. The van der Waals surface area contributed by atoms with Crippen LogP contribution in [0.5, 0.6) is 0 Å². The van der Waals surface area contributed by atoms with E-state index >= 15 is 0 Å². The summed E-state index contributed by atoms with van der Waals surface area (Å²) in [5, 5.41) is 15.7. The number of hydrogen-bond acceptors (Lipinski definition) is 4. The Labute approximate surface area is 120 Å². The third-order valence-corrected chi connectivity index (χ3v) is 3.04. The van der Waals surface area contributed by atoms with Crippen molar-refractivity contribution in [2.75, 3.05) is 5.32 Å². The van der Waals surface area contributed by atoms with Crippen molar-refractivity contribution in [3.05, 3.63) is 46.7 Å². The molecule has 0 radical (unpaired) electrons. The molecule has 1 heterocycles. The van der Waals surface area contributed by atoms with Crippen molar-refractivity contribution in [2.24, 2.45) is 12.8 Å². The standard InChI is InChI=1S/C13H12ClN5O/c1-19-7-9(6-17-19)12(16)13(20)18-10-3-2-8(5-15)11(14)4-10/h2-4,6-7,12H,16H2,1H3,(H,18,20). The van der Waals surface area contributed by atoms with Crippen LogP contribution in [-0.2, 0) is 11.8 Å². The van der Waals surface area contributed by atoms with Crippen LogP contribution in [0.25, 0.3) is 0 Å². The molecule has 1 amide bonds. The Hall–Kier alpha value is -2.36.